The molecule has 3 N–H and O–H groups in total. The van der Waals surface area contributed by atoms with Crippen LogP contribution in [-0.2, 0) is 4.79 Å². The number of rotatable bonds is 5. The van der Waals surface area contributed by atoms with E-state index in [0.29, 0.717) is 13.0 Å². The van der Waals surface area contributed by atoms with Crippen molar-refractivity contribution < 1.29 is 9.90 Å². The van der Waals surface area contributed by atoms with E-state index >= 15 is 0 Å². The molecule has 15 heavy (non-hydrogen) atoms. The van der Waals surface area contributed by atoms with Gasteiger partial charge in [0.05, 0.1) is 6.61 Å². The summed E-state index contributed by atoms with van der Waals surface area (Å²) < 4.78 is 0. The van der Waals surface area contributed by atoms with Crippen molar-refractivity contribution in [2.75, 3.05) is 20.2 Å². The number of nitrogens with one attached hydrogen (secondary N) is 2. The smallest absolute Gasteiger partial charge is 0.221 e. The maximum Gasteiger partial charge on any atom is 0.221 e. The Labute approximate surface area is 91.4 Å². The fourth-order valence-electron chi connectivity index (χ4n) is 2.31. The summed E-state index contributed by atoms with van der Waals surface area (Å²) in [5, 5.41) is 14.6. The van der Waals surface area contributed by atoms with E-state index in [2.05, 4.69) is 10.6 Å². The average Bonchev–Trinajstić information content (AvgIpc) is 2.27. The van der Waals surface area contributed by atoms with Gasteiger partial charge in [-0.15, -0.1) is 0 Å². The third-order valence-electron chi connectivity index (χ3n) is 3.27. The molecular formula is C11H22N2O2. The molecule has 0 bridgehead atoms. The van der Waals surface area contributed by atoms with E-state index in [9.17, 15) is 4.79 Å². The van der Waals surface area contributed by atoms with Crippen LogP contribution in [0.1, 0.15) is 38.5 Å². The molecule has 0 aromatic carbocycles. The fraction of sp³-hybridized carbons (Fsp3) is 0.909. The molecule has 0 aliphatic heterocycles. The third kappa shape index (κ3) is 3.80. The van der Waals surface area contributed by atoms with Crippen LogP contribution < -0.4 is 10.6 Å². The predicted octanol–water partition coefficient (Wildman–Crippen LogP) is 0.407. The molecule has 4 heteroatoms. The predicted molar refractivity (Wildman–Crippen MR) is 59.6 cm³/mol. The Morgan fingerprint density at radius 2 is 2.00 bits per heavy atom. The Hall–Kier alpha value is -0.610. The molecule has 1 fully saturated rings. The zero-order chi connectivity index (χ0) is 11.1. The van der Waals surface area contributed by atoms with Gasteiger partial charge in [0.1, 0.15) is 0 Å². The molecule has 0 atom stereocenters. The van der Waals surface area contributed by atoms with Crippen LogP contribution in [0.15, 0.2) is 0 Å². The topological polar surface area (TPSA) is 61.4 Å². The second-order valence-electron chi connectivity index (χ2n) is 4.34. The van der Waals surface area contributed by atoms with Gasteiger partial charge in [-0.05, 0) is 19.9 Å². The first-order valence-corrected chi connectivity index (χ1v) is 5.79. The molecule has 0 radical (unpaired) electrons. The molecule has 4 nitrogen and oxygen atoms in total. The van der Waals surface area contributed by atoms with Crippen LogP contribution in [0.3, 0.4) is 0 Å². The zero-order valence-electron chi connectivity index (χ0n) is 9.51. The lowest BCUT2D eigenvalue weighted by molar-refractivity contribution is -0.123. The van der Waals surface area contributed by atoms with Crippen LogP contribution in [0.25, 0.3) is 0 Å². The Balaban J connectivity index is 2.40. The number of hydrogen-bond acceptors (Lipinski definition) is 3. The molecule has 1 aliphatic rings. The SMILES string of the molecule is CNC1(CC(=O)NCCO)CCCCC1. The maximum atomic E-state index is 11.6. The van der Waals surface area contributed by atoms with Crippen molar-refractivity contribution in [3.8, 4) is 0 Å². The molecule has 1 aliphatic carbocycles. The lowest BCUT2D eigenvalue weighted by Crippen LogP contribution is -2.48. The van der Waals surface area contributed by atoms with Gasteiger partial charge in [-0.3, -0.25) is 4.79 Å². The van der Waals surface area contributed by atoms with E-state index < -0.39 is 0 Å². The van der Waals surface area contributed by atoms with Gasteiger partial charge in [0.25, 0.3) is 0 Å². The van der Waals surface area contributed by atoms with E-state index in [1.165, 1.54) is 19.3 Å². The average molecular weight is 214 g/mol. The van der Waals surface area contributed by atoms with E-state index in [-0.39, 0.29) is 18.1 Å². The lowest BCUT2D eigenvalue weighted by Gasteiger charge is -2.36. The van der Waals surface area contributed by atoms with Gasteiger partial charge in [-0.2, -0.15) is 0 Å². The molecule has 1 saturated carbocycles. The molecule has 0 spiro atoms. The highest BCUT2D eigenvalue weighted by Crippen LogP contribution is 2.30. The van der Waals surface area contributed by atoms with Crippen molar-refractivity contribution >= 4 is 5.91 Å². The first-order chi connectivity index (χ1) is 7.22. The Morgan fingerprint density at radius 3 is 2.53 bits per heavy atom. The first-order valence-electron chi connectivity index (χ1n) is 5.79. The normalized spacial score (nSPS) is 19.9. The van der Waals surface area contributed by atoms with Crippen molar-refractivity contribution in [2.24, 2.45) is 0 Å². The van der Waals surface area contributed by atoms with Gasteiger partial charge in [-0.25, -0.2) is 0 Å². The summed E-state index contributed by atoms with van der Waals surface area (Å²) in [5.74, 6) is 0.0419. The molecule has 1 amide bonds. The van der Waals surface area contributed by atoms with Crippen LogP contribution in [0.4, 0.5) is 0 Å². The summed E-state index contributed by atoms with van der Waals surface area (Å²) in [6, 6.07) is 0. The Bertz CT molecular complexity index is 201. The highest BCUT2D eigenvalue weighted by Gasteiger charge is 2.32. The van der Waals surface area contributed by atoms with E-state index in [0.717, 1.165) is 12.8 Å². The number of carbonyl (C=O) groups excluding carboxylic acids is 1. The Morgan fingerprint density at radius 1 is 1.33 bits per heavy atom. The first kappa shape index (κ1) is 12.5. The van der Waals surface area contributed by atoms with Crippen LogP contribution in [0.5, 0.6) is 0 Å². The second-order valence-corrected chi connectivity index (χ2v) is 4.34. The number of hydrogen-bond donors (Lipinski definition) is 3. The minimum absolute atomic E-state index is 0.00219. The summed E-state index contributed by atoms with van der Waals surface area (Å²) in [5.41, 5.74) is -0.00219. The monoisotopic (exact) mass is 214 g/mol. The van der Waals surface area contributed by atoms with Crippen molar-refractivity contribution in [1.82, 2.24) is 10.6 Å². The molecule has 1 rings (SSSR count). The minimum atomic E-state index is -0.00219. The molecule has 0 saturated heterocycles. The summed E-state index contributed by atoms with van der Waals surface area (Å²) in [6.07, 6.45) is 6.37. The van der Waals surface area contributed by atoms with Crippen molar-refractivity contribution in [3.05, 3.63) is 0 Å². The molecule has 88 valence electrons. The molecule has 0 heterocycles. The third-order valence-corrected chi connectivity index (χ3v) is 3.27. The highest BCUT2D eigenvalue weighted by atomic mass is 16.3. The van der Waals surface area contributed by atoms with Gasteiger partial charge in [-0.1, -0.05) is 19.3 Å². The molecule has 0 aromatic rings. The number of aliphatic hydroxyl groups is 1. The van der Waals surface area contributed by atoms with Crippen LogP contribution in [0, 0.1) is 0 Å². The quantitative estimate of drug-likeness (QED) is 0.621. The van der Waals surface area contributed by atoms with Gasteiger partial charge in [0, 0.05) is 18.5 Å². The summed E-state index contributed by atoms with van der Waals surface area (Å²) in [4.78, 5) is 11.6. The van der Waals surface area contributed by atoms with Gasteiger partial charge in [0.15, 0.2) is 0 Å². The number of carbonyl (C=O) groups is 1. The highest BCUT2D eigenvalue weighted by molar-refractivity contribution is 5.77. The van der Waals surface area contributed by atoms with Crippen LogP contribution in [0.2, 0.25) is 0 Å². The number of aliphatic hydroxyl groups excluding tert-OH is 1. The second kappa shape index (κ2) is 6.08. The number of amides is 1. The van der Waals surface area contributed by atoms with Crippen LogP contribution >= 0.6 is 0 Å². The van der Waals surface area contributed by atoms with Gasteiger partial charge < -0.3 is 15.7 Å². The fourth-order valence-corrected chi connectivity index (χ4v) is 2.31. The van der Waals surface area contributed by atoms with Crippen molar-refractivity contribution in [1.29, 1.82) is 0 Å². The maximum absolute atomic E-state index is 11.6. The van der Waals surface area contributed by atoms with E-state index in [4.69, 9.17) is 5.11 Å². The minimum Gasteiger partial charge on any atom is -0.395 e. The molecule has 0 unspecified atom stereocenters. The molecule has 0 aromatic heterocycles. The van der Waals surface area contributed by atoms with E-state index in [1.807, 2.05) is 7.05 Å². The lowest BCUT2D eigenvalue weighted by atomic mass is 9.79. The summed E-state index contributed by atoms with van der Waals surface area (Å²) in [7, 11) is 1.94. The van der Waals surface area contributed by atoms with Crippen molar-refractivity contribution in [2.45, 2.75) is 44.1 Å². The largest absolute Gasteiger partial charge is 0.395 e. The molecular weight excluding hydrogens is 192 g/mol. The summed E-state index contributed by atoms with van der Waals surface area (Å²) in [6.45, 7) is 0.372. The van der Waals surface area contributed by atoms with Crippen LogP contribution in [-0.4, -0.2) is 36.8 Å². The van der Waals surface area contributed by atoms with E-state index in [1.54, 1.807) is 0 Å². The Kier molecular flexibility index (Phi) is 5.05. The van der Waals surface area contributed by atoms with Gasteiger partial charge in [0.2, 0.25) is 5.91 Å². The summed E-state index contributed by atoms with van der Waals surface area (Å²) >= 11 is 0. The van der Waals surface area contributed by atoms with Crippen molar-refractivity contribution in [3.63, 3.8) is 0 Å². The van der Waals surface area contributed by atoms with Gasteiger partial charge >= 0.3 is 0 Å². The zero-order valence-corrected chi connectivity index (χ0v) is 9.51. The standard InChI is InChI=1S/C11H22N2O2/c1-12-11(5-3-2-4-6-11)9-10(15)13-7-8-14/h12,14H,2-9H2,1H3,(H,13,15).